The van der Waals surface area contributed by atoms with Crippen LogP contribution in [0, 0.1) is 0 Å². The van der Waals surface area contributed by atoms with Crippen molar-refractivity contribution in [2.24, 2.45) is 0 Å². The zero-order valence-corrected chi connectivity index (χ0v) is 9.21. The second-order valence-electron chi connectivity index (χ2n) is 3.15. The molecule has 16 heavy (non-hydrogen) atoms. The van der Waals surface area contributed by atoms with Crippen LogP contribution in [-0.4, -0.2) is 17.5 Å². The standard InChI is InChI=1S/C10H4Cl2O4/c11-5-2-1-4(3-6(5)12)9-7(13)8(14)10(15)16-9/h1-3,9H. The fourth-order valence-corrected chi connectivity index (χ4v) is 1.64. The Hall–Kier alpha value is -1.39. The SMILES string of the molecule is O=C1OC(c2ccc(Cl)c(Cl)c2)C(=O)C1=O. The summed E-state index contributed by atoms with van der Waals surface area (Å²) in [5.74, 6) is -3.17. The summed E-state index contributed by atoms with van der Waals surface area (Å²) in [6.45, 7) is 0. The van der Waals surface area contributed by atoms with Gasteiger partial charge in [0.2, 0.25) is 0 Å². The Morgan fingerprint density at radius 1 is 1.06 bits per heavy atom. The van der Waals surface area contributed by atoms with E-state index in [9.17, 15) is 14.4 Å². The van der Waals surface area contributed by atoms with Crippen LogP contribution in [0.2, 0.25) is 10.0 Å². The van der Waals surface area contributed by atoms with Crippen molar-refractivity contribution < 1.29 is 19.1 Å². The van der Waals surface area contributed by atoms with Crippen molar-refractivity contribution in [2.45, 2.75) is 6.10 Å². The average molecular weight is 259 g/mol. The van der Waals surface area contributed by atoms with Gasteiger partial charge in [0.15, 0.2) is 6.10 Å². The van der Waals surface area contributed by atoms with E-state index in [2.05, 4.69) is 4.74 Å². The lowest BCUT2D eigenvalue weighted by Crippen LogP contribution is -2.14. The first-order chi connectivity index (χ1) is 7.50. The largest absolute Gasteiger partial charge is 0.443 e. The van der Waals surface area contributed by atoms with E-state index in [1.54, 1.807) is 0 Å². The van der Waals surface area contributed by atoms with Crippen LogP contribution in [0.25, 0.3) is 0 Å². The fourth-order valence-electron chi connectivity index (χ4n) is 1.33. The third-order valence-electron chi connectivity index (χ3n) is 2.12. The molecule has 1 heterocycles. The summed E-state index contributed by atoms with van der Waals surface area (Å²) in [5.41, 5.74) is 0.332. The number of esters is 1. The highest BCUT2D eigenvalue weighted by atomic mass is 35.5. The number of ether oxygens (including phenoxy) is 1. The number of hydrogen-bond donors (Lipinski definition) is 0. The minimum Gasteiger partial charge on any atom is -0.443 e. The predicted octanol–water partition coefficient (Wildman–Crippen LogP) is 1.73. The van der Waals surface area contributed by atoms with Gasteiger partial charge in [-0.05, 0) is 12.1 Å². The molecule has 1 aliphatic heterocycles. The molecule has 1 aliphatic rings. The van der Waals surface area contributed by atoms with Gasteiger partial charge >= 0.3 is 11.8 Å². The molecule has 0 bridgehead atoms. The highest BCUT2D eigenvalue weighted by molar-refractivity contribution is 6.65. The van der Waals surface area contributed by atoms with Crippen molar-refractivity contribution in [3.05, 3.63) is 33.8 Å². The van der Waals surface area contributed by atoms with E-state index in [-0.39, 0.29) is 5.02 Å². The number of hydrogen-bond acceptors (Lipinski definition) is 4. The summed E-state index contributed by atoms with van der Waals surface area (Å²) in [5, 5.41) is 0.538. The number of halogens is 2. The lowest BCUT2D eigenvalue weighted by molar-refractivity contribution is -0.149. The quantitative estimate of drug-likeness (QED) is 0.569. The Morgan fingerprint density at radius 2 is 1.75 bits per heavy atom. The zero-order valence-electron chi connectivity index (χ0n) is 7.70. The van der Waals surface area contributed by atoms with E-state index in [0.717, 1.165) is 0 Å². The highest BCUT2D eigenvalue weighted by Crippen LogP contribution is 2.30. The molecule has 2 rings (SSSR count). The molecule has 1 unspecified atom stereocenters. The maximum Gasteiger partial charge on any atom is 0.384 e. The lowest BCUT2D eigenvalue weighted by atomic mass is 10.1. The Labute approximate surface area is 100 Å². The number of rotatable bonds is 1. The van der Waals surface area contributed by atoms with Crippen molar-refractivity contribution in [2.75, 3.05) is 0 Å². The van der Waals surface area contributed by atoms with Gasteiger partial charge in [-0.15, -0.1) is 0 Å². The van der Waals surface area contributed by atoms with Crippen molar-refractivity contribution in [3.8, 4) is 0 Å². The number of ketones is 2. The van der Waals surface area contributed by atoms with E-state index in [1.807, 2.05) is 0 Å². The van der Waals surface area contributed by atoms with Gasteiger partial charge in [-0.1, -0.05) is 29.3 Å². The third-order valence-corrected chi connectivity index (χ3v) is 2.86. The number of cyclic esters (lactones) is 1. The first-order valence-electron chi connectivity index (χ1n) is 4.25. The smallest absolute Gasteiger partial charge is 0.384 e. The van der Waals surface area contributed by atoms with Crippen molar-refractivity contribution in [3.63, 3.8) is 0 Å². The van der Waals surface area contributed by atoms with Crippen LogP contribution in [0.1, 0.15) is 11.7 Å². The predicted molar refractivity (Wildman–Crippen MR) is 55.3 cm³/mol. The van der Waals surface area contributed by atoms with Gasteiger partial charge in [-0.2, -0.15) is 0 Å². The summed E-state index contributed by atoms with van der Waals surface area (Å²) < 4.78 is 4.63. The zero-order chi connectivity index (χ0) is 11.9. The Kier molecular flexibility index (Phi) is 2.69. The van der Waals surface area contributed by atoms with Crippen LogP contribution in [0.3, 0.4) is 0 Å². The maximum atomic E-state index is 11.3. The van der Waals surface area contributed by atoms with Gasteiger partial charge in [-0.3, -0.25) is 9.59 Å². The summed E-state index contributed by atoms with van der Waals surface area (Å²) in [7, 11) is 0. The Balaban J connectivity index is 2.39. The molecule has 6 heteroatoms. The maximum absolute atomic E-state index is 11.3. The first kappa shape index (κ1) is 11.1. The number of benzene rings is 1. The molecule has 82 valence electrons. The van der Waals surface area contributed by atoms with Crippen LogP contribution < -0.4 is 0 Å². The Bertz CT molecular complexity index is 510. The molecule has 1 aromatic rings. The first-order valence-corrected chi connectivity index (χ1v) is 5.00. The molecular formula is C10H4Cl2O4. The third kappa shape index (κ3) is 1.70. The Morgan fingerprint density at radius 3 is 2.25 bits per heavy atom. The molecule has 0 radical (unpaired) electrons. The molecule has 0 spiro atoms. The second-order valence-corrected chi connectivity index (χ2v) is 3.97. The molecule has 1 atom stereocenters. The van der Waals surface area contributed by atoms with Crippen molar-refractivity contribution in [1.29, 1.82) is 0 Å². The minimum absolute atomic E-state index is 0.224. The number of carbonyl (C=O) groups excluding carboxylic acids is 3. The van der Waals surface area contributed by atoms with E-state index in [4.69, 9.17) is 23.2 Å². The van der Waals surface area contributed by atoms with E-state index < -0.39 is 23.6 Å². The molecule has 0 aromatic heterocycles. The van der Waals surface area contributed by atoms with Crippen LogP contribution in [-0.2, 0) is 19.1 Å². The molecular weight excluding hydrogens is 255 g/mol. The molecule has 0 saturated carbocycles. The second kappa shape index (κ2) is 3.88. The van der Waals surface area contributed by atoms with Gasteiger partial charge in [0, 0.05) is 5.56 Å². The van der Waals surface area contributed by atoms with Crippen LogP contribution in [0.5, 0.6) is 0 Å². The molecule has 1 saturated heterocycles. The number of Topliss-reactive ketones (excluding diaryl/α,β-unsaturated/α-hetero) is 2. The molecule has 1 fully saturated rings. The van der Waals surface area contributed by atoms with Crippen molar-refractivity contribution >= 4 is 40.7 Å². The van der Waals surface area contributed by atoms with Gasteiger partial charge in [0.25, 0.3) is 5.78 Å². The van der Waals surface area contributed by atoms with Crippen molar-refractivity contribution in [1.82, 2.24) is 0 Å². The topological polar surface area (TPSA) is 60.4 Å². The molecule has 4 nitrogen and oxygen atoms in total. The number of carbonyl (C=O) groups is 3. The lowest BCUT2D eigenvalue weighted by Gasteiger charge is -2.07. The van der Waals surface area contributed by atoms with E-state index >= 15 is 0 Å². The minimum atomic E-state index is -1.20. The van der Waals surface area contributed by atoms with Gasteiger partial charge in [-0.25, -0.2) is 4.79 Å². The van der Waals surface area contributed by atoms with E-state index in [0.29, 0.717) is 10.6 Å². The fraction of sp³-hybridized carbons (Fsp3) is 0.100. The molecule has 1 aromatic carbocycles. The van der Waals surface area contributed by atoms with Crippen LogP contribution >= 0.6 is 23.2 Å². The monoisotopic (exact) mass is 258 g/mol. The molecule has 0 amide bonds. The van der Waals surface area contributed by atoms with Crippen LogP contribution in [0.4, 0.5) is 0 Å². The summed E-state index contributed by atoms with van der Waals surface area (Å²) in [6.07, 6.45) is -1.20. The summed E-state index contributed by atoms with van der Waals surface area (Å²) in [4.78, 5) is 33.2. The summed E-state index contributed by atoms with van der Waals surface area (Å²) in [6, 6.07) is 4.32. The van der Waals surface area contributed by atoms with Gasteiger partial charge in [0.05, 0.1) is 10.0 Å². The molecule has 0 aliphatic carbocycles. The van der Waals surface area contributed by atoms with E-state index in [1.165, 1.54) is 18.2 Å². The van der Waals surface area contributed by atoms with Gasteiger partial charge in [0.1, 0.15) is 0 Å². The van der Waals surface area contributed by atoms with Crippen LogP contribution in [0.15, 0.2) is 18.2 Å². The summed E-state index contributed by atoms with van der Waals surface area (Å²) >= 11 is 11.4. The highest BCUT2D eigenvalue weighted by Gasteiger charge is 2.43. The molecule has 0 N–H and O–H groups in total. The van der Waals surface area contributed by atoms with Gasteiger partial charge < -0.3 is 4.74 Å². The average Bonchev–Trinajstić information content (AvgIpc) is 2.50. The normalized spacial score (nSPS) is 20.1.